The van der Waals surface area contributed by atoms with E-state index in [0.717, 1.165) is 81.8 Å². The number of carbonyl (C=O) groups is 2. The van der Waals surface area contributed by atoms with Crippen LogP contribution in [-0.2, 0) is 9.59 Å². The molecule has 3 aliphatic carbocycles. The molecule has 2 aromatic heterocycles. The first kappa shape index (κ1) is 37.2. The summed E-state index contributed by atoms with van der Waals surface area (Å²) in [6.45, 7) is 0. The smallest absolute Gasteiger partial charge is 0.248 e. The molecule has 0 unspecified atom stereocenters. The van der Waals surface area contributed by atoms with E-state index in [4.69, 9.17) is 9.97 Å². The van der Waals surface area contributed by atoms with Crippen molar-refractivity contribution in [1.82, 2.24) is 28.8 Å². The van der Waals surface area contributed by atoms with Gasteiger partial charge >= 0.3 is 200 Å². The molecule has 3 atom stereocenters. The van der Waals surface area contributed by atoms with Crippen molar-refractivity contribution < 1.29 is 27.2 Å². The molecule has 1 aliphatic heterocycles. The van der Waals surface area contributed by atoms with Gasteiger partial charge in [-0.05, 0) is 25.7 Å². The van der Waals surface area contributed by atoms with E-state index in [1.165, 1.54) is 0 Å². The van der Waals surface area contributed by atoms with E-state index in [1.54, 1.807) is 0 Å². The molecule has 0 spiro atoms. The van der Waals surface area contributed by atoms with E-state index >= 15 is 0 Å². The van der Waals surface area contributed by atoms with Crippen LogP contribution >= 0.6 is 20.1 Å². The fourth-order valence-electron chi connectivity index (χ4n) is 8.60. The van der Waals surface area contributed by atoms with E-state index in [9.17, 15) is 27.2 Å². The van der Waals surface area contributed by atoms with E-state index in [1.807, 2.05) is 12.4 Å². The maximum absolute atomic E-state index is 13.6. The first-order chi connectivity index (χ1) is 26.0. The predicted octanol–water partition coefficient (Wildman–Crippen LogP) is 9.91. The molecule has 3 saturated carbocycles. The normalized spacial score (nSPS) is 25.1. The molecule has 288 valence electrons. The second kappa shape index (κ2) is 15.4. The summed E-state index contributed by atoms with van der Waals surface area (Å²) in [5.41, 5.74) is 6.01. The molecule has 0 bridgehead atoms. The third-order valence-corrected chi connectivity index (χ3v) is 18.1. The molecule has 8 nitrogen and oxygen atoms in total. The monoisotopic (exact) mass is 858 g/mol. The van der Waals surface area contributed by atoms with Gasteiger partial charge in [0.05, 0.1) is 11.9 Å². The molecule has 54 heavy (non-hydrogen) atoms. The zero-order chi connectivity index (χ0) is 37.5. The van der Waals surface area contributed by atoms with Gasteiger partial charge in [-0.3, -0.25) is 4.79 Å². The minimum absolute atomic E-state index is 0.0392. The fourth-order valence-corrected chi connectivity index (χ4v) is 14.6. The fraction of sp³-hybridized carbons (Fsp3) is 0.512. The van der Waals surface area contributed by atoms with Crippen molar-refractivity contribution in [2.75, 3.05) is 4.43 Å². The summed E-state index contributed by atoms with van der Waals surface area (Å²) in [6.07, 6.45) is 8.57. The Balaban J connectivity index is 0.867. The van der Waals surface area contributed by atoms with Gasteiger partial charge in [-0.15, -0.1) is 0 Å². The van der Waals surface area contributed by atoms with Crippen molar-refractivity contribution in [1.29, 1.82) is 0 Å². The molecular weight excluding hydrogens is 811 g/mol. The number of benzene rings is 2. The van der Waals surface area contributed by atoms with Gasteiger partial charge in [-0.1, -0.05) is 6.42 Å². The van der Waals surface area contributed by atoms with Crippen LogP contribution in [0.1, 0.15) is 105 Å². The van der Waals surface area contributed by atoms with Gasteiger partial charge in [0, 0.05) is 30.7 Å². The number of alkyl halides is 6. The Labute approximate surface area is 320 Å². The number of H-pyrrole nitrogens is 2. The molecule has 4 fully saturated rings. The Morgan fingerprint density at radius 3 is 1.70 bits per heavy atom. The molecule has 4 N–H and O–H groups in total. The largest absolute Gasteiger partial charge is 0.342 e. The van der Waals surface area contributed by atoms with Crippen LogP contribution in [0, 0.1) is 11.8 Å². The minimum atomic E-state index is -2.65. The Morgan fingerprint density at radius 1 is 0.630 bits per heavy atom. The first-order valence-corrected chi connectivity index (χ1v) is 23.2. The maximum Gasteiger partial charge on any atom is 0.248 e. The van der Waals surface area contributed by atoms with Crippen molar-refractivity contribution >= 4 is 31.9 Å². The number of hydrogen-bond acceptors (Lipinski definition) is 4. The predicted molar refractivity (Wildman–Crippen MR) is 208 cm³/mol. The van der Waals surface area contributed by atoms with Gasteiger partial charge in [-0.25, -0.2) is 13.8 Å². The van der Waals surface area contributed by atoms with Crippen molar-refractivity contribution in [2.45, 2.75) is 111 Å². The zero-order valence-corrected chi connectivity index (χ0v) is 32.3. The molecule has 13 heteroatoms. The summed E-state index contributed by atoms with van der Waals surface area (Å²) in [6, 6.07) is 16.6. The van der Waals surface area contributed by atoms with Crippen LogP contribution in [0.3, 0.4) is 0 Å². The van der Waals surface area contributed by atoms with Gasteiger partial charge in [0.1, 0.15) is 5.82 Å². The SMILES string of the molecule is O=C(N[C@H]1CCC[C@H]1c1ncc(-c2ccc(-c3ccc(-c4cnc([C@@H]5CCCI5NC(=O)C5CCC(F)(F)CC5)[nH]4)cc3)cc2)[nH]1)C1CCC(F)(F)CC1. The number of rotatable bonds is 9. The van der Waals surface area contributed by atoms with Gasteiger partial charge in [0.15, 0.2) is 0 Å². The van der Waals surface area contributed by atoms with E-state index < -0.39 is 31.9 Å². The van der Waals surface area contributed by atoms with Crippen molar-refractivity contribution in [3.63, 3.8) is 0 Å². The summed E-state index contributed by atoms with van der Waals surface area (Å²) >= 11 is -1.89. The Kier molecular flexibility index (Phi) is 10.6. The number of imidazole rings is 2. The number of carbonyl (C=O) groups excluding carboxylic acids is 2. The van der Waals surface area contributed by atoms with Gasteiger partial charge in [-0.2, -0.15) is 0 Å². The average Bonchev–Trinajstić information content (AvgIpc) is 4.00. The number of amides is 2. The molecule has 2 aromatic carbocycles. The number of hydrogen-bond donors (Lipinski definition) is 4. The summed E-state index contributed by atoms with van der Waals surface area (Å²) in [7, 11) is 0. The standard InChI is InChI=1S/C41H47F4IN6O2/c42-40(43)18-14-29(15-19-40)38(53)51-33-5-1-3-31(33)36-47-23-34(49-36)27-10-6-25(7-11-27)26-8-12-28(13-9-26)35-24-48-37(50-35)32-4-2-22-46(32)52-39(54)30-16-20-41(44,45)21-17-30/h6-13,23-24,29-33H,1-5,14-22H2,(H,47,49)(H,48,50)(H,51,53)(H,52,54)/t31-,32+,33+/m1/s1. The molecule has 2 amide bonds. The zero-order valence-electron chi connectivity index (χ0n) is 30.2. The summed E-state index contributed by atoms with van der Waals surface area (Å²) < 4.78 is 59.0. The van der Waals surface area contributed by atoms with Crippen LogP contribution in [-0.4, -0.2) is 54.1 Å². The molecule has 0 radical (unpaired) electrons. The number of nitrogens with one attached hydrogen (secondary N) is 4. The number of aromatic amines is 2. The van der Waals surface area contributed by atoms with E-state index in [-0.39, 0.29) is 90.9 Å². The minimum Gasteiger partial charge on any atom is -0.342 e. The van der Waals surface area contributed by atoms with Crippen LogP contribution in [0.15, 0.2) is 60.9 Å². The summed E-state index contributed by atoms with van der Waals surface area (Å²) in [5, 5.41) is 3.17. The second-order valence-electron chi connectivity index (χ2n) is 15.6. The van der Waals surface area contributed by atoms with Gasteiger partial charge in [0.25, 0.3) is 0 Å². The van der Waals surface area contributed by atoms with Crippen molar-refractivity contribution in [3.05, 3.63) is 72.6 Å². The summed E-state index contributed by atoms with van der Waals surface area (Å²) in [5.74, 6) is -4.28. The number of aromatic nitrogens is 4. The average molecular weight is 859 g/mol. The molecule has 4 aromatic rings. The number of nitrogens with zero attached hydrogens (tertiary/aromatic N) is 2. The molecule has 4 aliphatic rings. The molecule has 1 saturated heterocycles. The second-order valence-corrected chi connectivity index (χ2v) is 21.0. The quantitative estimate of drug-likeness (QED) is 0.0581. The van der Waals surface area contributed by atoms with Crippen LogP contribution < -0.4 is 8.85 Å². The Bertz CT molecular complexity index is 1790. The first-order valence-electron chi connectivity index (χ1n) is 19.3. The van der Waals surface area contributed by atoms with Crippen molar-refractivity contribution in [3.8, 4) is 33.6 Å². The van der Waals surface area contributed by atoms with Gasteiger partial charge < -0.3 is 10.3 Å². The topological polar surface area (TPSA) is 116 Å². The molecule has 3 heterocycles. The molecule has 8 rings (SSSR count). The Hall–Kier alpha value is -3.75. The van der Waals surface area contributed by atoms with Crippen LogP contribution in [0.25, 0.3) is 33.6 Å². The molecular formula is C41H47F4IN6O2. The van der Waals surface area contributed by atoms with E-state index in [2.05, 4.69) is 67.3 Å². The third-order valence-electron chi connectivity index (χ3n) is 11.9. The number of halogens is 5. The summed E-state index contributed by atoms with van der Waals surface area (Å²) in [4.78, 5) is 42.4. The van der Waals surface area contributed by atoms with Gasteiger partial charge in [0.2, 0.25) is 11.8 Å². The van der Waals surface area contributed by atoms with Crippen molar-refractivity contribution in [2.24, 2.45) is 11.8 Å². The third kappa shape index (κ3) is 8.25. The van der Waals surface area contributed by atoms with Crippen LogP contribution in [0.5, 0.6) is 0 Å². The Morgan fingerprint density at radius 2 is 1.13 bits per heavy atom. The van der Waals surface area contributed by atoms with E-state index in [0.29, 0.717) is 0 Å². The van der Waals surface area contributed by atoms with Crippen LogP contribution in [0.2, 0.25) is 0 Å². The van der Waals surface area contributed by atoms with Crippen LogP contribution in [0.4, 0.5) is 17.6 Å². The maximum atomic E-state index is 13.6.